The van der Waals surface area contributed by atoms with Gasteiger partial charge in [-0.1, -0.05) is 6.92 Å². The molecule has 8 heteroatoms. The number of rotatable bonds is 5. The lowest BCUT2D eigenvalue weighted by Gasteiger charge is -2.33. The molecule has 1 heterocycles. The van der Waals surface area contributed by atoms with Gasteiger partial charge in [0.15, 0.2) is 0 Å². The lowest BCUT2D eigenvalue weighted by Crippen LogP contribution is -2.47. The number of nitrogens with zero attached hydrogens (tertiary/aromatic N) is 2. The summed E-state index contributed by atoms with van der Waals surface area (Å²) in [6.45, 7) is 9.95. The predicted molar refractivity (Wildman–Crippen MR) is 98.5 cm³/mol. The number of benzene rings is 1. The lowest BCUT2D eigenvalue weighted by atomic mass is 10.3. The van der Waals surface area contributed by atoms with Gasteiger partial charge in [-0.15, -0.1) is 0 Å². The van der Waals surface area contributed by atoms with Crippen LogP contribution in [0.5, 0.6) is 5.75 Å². The van der Waals surface area contributed by atoms with Crippen LogP contribution in [0.1, 0.15) is 6.92 Å². The highest BCUT2D eigenvalue weighted by molar-refractivity contribution is 14.1. The molecule has 0 bridgehead atoms. The Kier molecular flexibility index (Phi) is 9.65. The van der Waals surface area contributed by atoms with Crippen molar-refractivity contribution in [3.63, 3.8) is 0 Å². The molecule has 0 atom stereocenters. The molecule has 0 aliphatic carbocycles. The number of likely N-dealkylation sites (N-methyl/N-ethyl adjacent to an activating group) is 1. The van der Waals surface area contributed by atoms with Crippen LogP contribution in [-0.2, 0) is 9.59 Å². The van der Waals surface area contributed by atoms with E-state index in [2.05, 4.69) is 51.4 Å². The highest BCUT2D eigenvalue weighted by atomic mass is 127. The average Bonchev–Trinajstić information content (AvgIpc) is 2.58. The molecular formula is C16H23IN2O5. The average molecular weight is 450 g/mol. The van der Waals surface area contributed by atoms with Crippen LogP contribution in [0.15, 0.2) is 24.3 Å². The second kappa shape index (κ2) is 11.2. The third kappa shape index (κ3) is 8.46. The van der Waals surface area contributed by atoms with E-state index in [1.54, 1.807) is 0 Å². The molecule has 1 fully saturated rings. The molecule has 7 nitrogen and oxygen atoms in total. The number of carboxylic acids is 2. The Morgan fingerprint density at radius 1 is 1.04 bits per heavy atom. The smallest absolute Gasteiger partial charge is 0.414 e. The standard InChI is InChI=1S/C14H21IN2O.C2H2O4/c1-2-16-7-9-17(10-8-16)11-12-18-14-5-3-13(15)4-6-14;3-1(4)2(5)6/h3-6H,2,7-12H2,1H3;(H,3,4)(H,5,6). The van der Waals surface area contributed by atoms with Crippen LogP contribution < -0.4 is 4.74 Å². The van der Waals surface area contributed by atoms with Gasteiger partial charge in [0.1, 0.15) is 12.4 Å². The quantitative estimate of drug-likeness (QED) is 0.519. The second-order valence-electron chi connectivity index (χ2n) is 5.19. The van der Waals surface area contributed by atoms with Gasteiger partial charge < -0.3 is 19.8 Å². The minimum atomic E-state index is -1.82. The van der Waals surface area contributed by atoms with Crippen LogP contribution >= 0.6 is 22.6 Å². The Hall–Kier alpha value is -1.39. The molecule has 2 N–H and O–H groups in total. The van der Waals surface area contributed by atoms with Crippen molar-refractivity contribution in [2.24, 2.45) is 0 Å². The normalized spacial score (nSPS) is 15.2. The Morgan fingerprint density at radius 2 is 1.54 bits per heavy atom. The van der Waals surface area contributed by atoms with Crippen molar-refractivity contribution in [2.45, 2.75) is 6.92 Å². The largest absolute Gasteiger partial charge is 0.492 e. The van der Waals surface area contributed by atoms with E-state index in [1.165, 1.54) is 36.3 Å². The zero-order valence-electron chi connectivity index (χ0n) is 13.7. The summed E-state index contributed by atoms with van der Waals surface area (Å²) in [6, 6.07) is 8.24. The Balaban J connectivity index is 0.000000413. The first-order valence-electron chi connectivity index (χ1n) is 7.71. The van der Waals surface area contributed by atoms with Crippen LogP contribution in [0.4, 0.5) is 0 Å². The molecule has 2 rings (SSSR count). The summed E-state index contributed by atoms with van der Waals surface area (Å²) in [5, 5.41) is 14.8. The molecule has 1 aromatic carbocycles. The van der Waals surface area contributed by atoms with Gasteiger partial charge in [0.2, 0.25) is 0 Å². The van der Waals surface area contributed by atoms with Gasteiger partial charge in [-0.05, 0) is 53.4 Å². The van der Waals surface area contributed by atoms with E-state index in [4.69, 9.17) is 24.5 Å². The van der Waals surface area contributed by atoms with Gasteiger partial charge in [0, 0.05) is 36.3 Å². The van der Waals surface area contributed by atoms with Crippen LogP contribution in [0, 0.1) is 3.57 Å². The van der Waals surface area contributed by atoms with Gasteiger partial charge in [0.25, 0.3) is 0 Å². The molecule has 134 valence electrons. The molecule has 0 unspecified atom stereocenters. The van der Waals surface area contributed by atoms with Crippen molar-refractivity contribution >= 4 is 34.5 Å². The van der Waals surface area contributed by atoms with Crippen molar-refractivity contribution in [2.75, 3.05) is 45.9 Å². The minimum absolute atomic E-state index is 0.784. The van der Waals surface area contributed by atoms with Crippen LogP contribution in [0.3, 0.4) is 0 Å². The molecule has 0 aromatic heterocycles. The summed E-state index contributed by atoms with van der Waals surface area (Å²) in [4.78, 5) is 23.2. The molecule has 1 aliphatic heterocycles. The summed E-state index contributed by atoms with van der Waals surface area (Å²) < 4.78 is 7.00. The van der Waals surface area contributed by atoms with Crippen LogP contribution in [0.2, 0.25) is 0 Å². The lowest BCUT2D eigenvalue weighted by molar-refractivity contribution is -0.159. The topological polar surface area (TPSA) is 90.3 Å². The summed E-state index contributed by atoms with van der Waals surface area (Å²) in [6.07, 6.45) is 0. The molecule has 0 radical (unpaired) electrons. The fourth-order valence-corrected chi connectivity index (χ4v) is 2.51. The molecule has 0 amide bonds. The fraction of sp³-hybridized carbons (Fsp3) is 0.500. The first-order valence-corrected chi connectivity index (χ1v) is 8.79. The maximum Gasteiger partial charge on any atom is 0.414 e. The molecule has 0 saturated carbocycles. The molecule has 1 aromatic rings. The van der Waals surface area contributed by atoms with Crippen molar-refractivity contribution in [3.05, 3.63) is 27.8 Å². The van der Waals surface area contributed by atoms with E-state index >= 15 is 0 Å². The number of aliphatic carboxylic acids is 2. The number of halogens is 1. The molecular weight excluding hydrogens is 427 g/mol. The SMILES string of the molecule is CCN1CCN(CCOc2ccc(I)cc2)CC1.O=C(O)C(=O)O. The minimum Gasteiger partial charge on any atom is -0.492 e. The molecule has 24 heavy (non-hydrogen) atoms. The zero-order chi connectivity index (χ0) is 17.9. The third-order valence-corrected chi connectivity index (χ3v) is 4.30. The Morgan fingerprint density at radius 3 is 2.00 bits per heavy atom. The summed E-state index contributed by atoms with van der Waals surface area (Å²) in [5.74, 6) is -2.67. The second-order valence-corrected chi connectivity index (χ2v) is 6.43. The van der Waals surface area contributed by atoms with Gasteiger partial charge in [-0.2, -0.15) is 0 Å². The van der Waals surface area contributed by atoms with E-state index in [-0.39, 0.29) is 0 Å². The molecule has 0 spiro atoms. The van der Waals surface area contributed by atoms with E-state index < -0.39 is 11.9 Å². The fourth-order valence-electron chi connectivity index (χ4n) is 2.15. The number of piperazine rings is 1. The third-order valence-electron chi connectivity index (χ3n) is 3.58. The van der Waals surface area contributed by atoms with Gasteiger partial charge in [0.05, 0.1) is 0 Å². The van der Waals surface area contributed by atoms with Crippen molar-refractivity contribution < 1.29 is 24.5 Å². The first kappa shape index (κ1) is 20.7. The Bertz CT molecular complexity index is 504. The first-order chi connectivity index (χ1) is 11.4. The van der Waals surface area contributed by atoms with E-state index in [9.17, 15) is 0 Å². The number of hydrogen-bond acceptors (Lipinski definition) is 5. The molecule has 1 aliphatic rings. The van der Waals surface area contributed by atoms with Crippen LogP contribution in [-0.4, -0.2) is 77.8 Å². The Labute approximate surface area is 155 Å². The van der Waals surface area contributed by atoms with E-state index in [0.29, 0.717) is 0 Å². The maximum absolute atomic E-state index is 9.10. The van der Waals surface area contributed by atoms with E-state index in [1.807, 2.05) is 12.1 Å². The van der Waals surface area contributed by atoms with Crippen molar-refractivity contribution in [3.8, 4) is 5.75 Å². The van der Waals surface area contributed by atoms with Gasteiger partial charge in [-0.25, -0.2) is 9.59 Å². The molecule has 1 saturated heterocycles. The number of carboxylic acid groups (broad SMARTS) is 2. The highest BCUT2D eigenvalue weighted by Crippen LogP contribution is 2.13. The predicted octanol–water partition coefficient (Wildman–Crippen LogP) is 1.46. The van der Waals surface area contributed by atoms with Crippen molar-refractivity contribution in [1.82, 2.24) is 9.80 Å². The van der Waals surface area contributed by atoms with Gasteiger partial charge >= 0.3 is 11.9 Å². The highest BCUT2D eigenvalue weighted by Gasteiger charge is 2.14. The zero-order valence-corrected chi connectivity index (χ0v) is 15.8. The van der Waals surface area contributed by atoms with Crippen molar-refractivity contribution in [1.29, 1.82) is 0 Å². The summed E-state index contributed by atoms with van der Waals surface area (Å²) >= 11 is 2.31. The van der Waals surface area contributed by atoms with Gasteiger partial charge in [-0.3, -0.25) is 4.90 Å². The summed E-state index contributed by atoms with van der Waals surface area (Å²) in [5.41, 5.74) is 0. The monoisotopic (exact) mass is 450 g/mol. The van der Waals surface area contributed by atoms with Crippen LogP contribution in [0.25, 0.3) is 0 Å². The number of ether oxygens (including phenoxy) is 1. The number of hydrogen-bond donors (Lipinski definition) is 2. The number of carbonyl (C=O) groups is 2. The van der Waals surface area contributed by atoms with E-state index in [0.717, 1.165) is 18.9 Å². The summed E-state index contributed by atoms with van der Waals surface area (Å²) in [7, 11) is 0. The maximum atomic E-state index is 9.10.